The maximum absolute atomic E-state index is 12.1. The summed E-state index contributed by atoms with van der Waals surface area (Å²) in [4.78, 5) is 23.6. The molecule has 5 nitrogen and oxygen atoms in total. The number of ether oxygens (including phenoxy) is 1. The number of carbonyl (C=O) groups is 2. The molecule has 5 heteroatoms. The lowest BCUT2D eigenvalue weighted by Crippen LogP contribution is -2.17. The van der Waals surface area contributed by atoms with Crippen LogP contribution in [0.1, 0.15) is 28.4 Å². The highest BCUT2D eigenvalue weighted by molar-refractivity contribution is 6.02. The van der Waals surface area contributed by atoms with Crippen molar-refractivity contribution >= 4 is 23.6 Å². The van der Waals surface area contributed by atoms with Crippen molar-refractivity contribution in [1.29, 1.82) is 0 Å². The van der Waals surface area contributed by atoms with Gasteiger partial charge in [-0.25, -0.2) is 0 Å². The zero-order valence-corrected chi connectivity index (χ0v) is 14.4. The quantitative estimate of drug-likeness (QED) is 0.762. The molecule has 0 aliphatic heterocycles. The first-order chi connectivity index (χ1) is 12.1. The lowest BCUT2D eigenvalue weighted by atomic mass is 10.1. The topological polar surface area (TPSA) is 67.4 Å². The van der Waals surface area contributed by atoms with Crippen molar-refractivity contribution < 1.29 is 14.3 Å². The first-order valence-corrected chi connectivity index (χ1v) is 8.11. The van der Waals surface area contributed by atoms with Crippen LogP contribution in [0, 0.1) is 0 Å². The maximum Gasteiger partial charge on any atom is 0.251 e. The summed E-state index contributed by atoms with van der Waals surface area (Å²) in [6, 6.07) is 14.6. The fourth-order valence-corrected chi connectivity index (χ4v) is 2.22. The van der Waals surface area contributed by atoms with Gasteiger partial charge in [-0.2, -0.15) is 0 Å². The second-order valence-corrected chi connectivity index (χ2v) is 5.32. The maximum atomic E-state index is 12.1. The standard InChI is InChI=1S/C20H22N2O3/c1-3-25-14-17-6-4-5-7-18(17)22-19(23)13-10-15-8-11-16(12-9-15)20(24)21-2/h4-13H,3,14H2,1-2H3,(H,21,24)(H,22,23)/b13-10+. The highest BCUT2D eigenvalue weighted by Gasteiger charge is 2.05. The van der Waals surface area contributed by atoms with Gasteiger partial charge in [0.15, 0.2) is 0 Å². The number of hydrogen-bond acceptors (Lipinski definition) is 3. The Labute approximate surface area is 147 Å². The van der Waals surface area contributed by atoms with Gasteiger partial charge >= 0.3 is 0 Å². The van der Waals surface area contributed by atoms with Gasteiger partial charge in [0, 0.05) is 36.5 Å². The van der Waals surface area contributed by atoms with Gasteiger partial charge in [-0.1, -0.05) is 30.3 Å². The van der Waals surface area contributed by atoms with Crippen molar-refractivity contribution in [1.82, 2.24) is 5.32 Å². The second-order valence-electron chi connectivity index (χ2n) is 5.32. The number of hydrogen-bond donors (Lipinski definition) is 2. The van der Waals surface area contributed by atoms with E-state index in [0.717, 1.165) is 16.8 Å². The molecule has 0 saturated heterocycles. The van der Waals surface area contributed by atoms with Gasteiger partial charge in [-0.15, -0.1) is 0 Å². The number of para-hydroxylation sites is 1. The average molecular weight is 338 g/mol. The van der Waals surface area contributed by atoms with Gasteiger partial charge < -0.3 is 15.4 Å². The van der Waals surface area contributed by atoms with E-state index in [-0.39, 0.29) is 11.8 Å². The Balaban J connectivity index is 2.00. The molecular weight excluding hydrogens is 316 g/mol. The Morgan fingerprint density at radius 3 is 2.48 bits per heavy atom. The van der Waals surface area contributed by atoms with Crippen molar-refractivity contribution in [2.45, 2.75) is 13.5 Å². The molecule has 0 saturated carbocycles. The van der Waals surface area contributed by atoms with Crippen LogP contribution in [-0.2, 0) is 16.1 Å². The zero-order valence-electron chi connectivity index (χ0n) is 14.4. The zero-order chi connectivity index (χ0) is 18.1. The van der Waals surface area contributed by atoms with E-state index < -0.39 is 0 Å². The van der Waals surface area contributed by atoms with Crippen LogP contribution >= 0.6 is 0 Å². The van der Waals surface area contributed by atoms with Gasteiger partial charge in [-0.3, -0.25) is 9.59 Å². The molecule has 0 aliphatic carbocycles. The molecule has 0 aliphatic rings. The predicted molar refractivity (Wildman–Crippen MR) is 99.3 cm³/mol. The summed E-state index contributed by atoms with van der Waals surface area (Å²) < 4.78 is 5.41. The number of anilines is 1. The second kappa shape index (κ2) is 9.39. The van der Waals surface area contributed by atoms with E-state index in [1.54, 1.807) is 37.4 Å². The summed E-state index contributed by atoms with van der Waals surface area (Å²) in [6.07, 6.45) is 3.17. The van der Waals surface area contributed by atoms with Crippen molar-refractivity contribution in [3.63, 3.8) is 0 Å². The minimum absolute atomic E-state index is 0.140. The van der Waals surface area contributed by atoms with Crippen molar-refractivity contribution in [3.8, 4) is 0 Å². The third-order valence-electron chi connectivity index (χ3n) is 3.56. The molecule has 0 heterocycles. The molecule has 0 bridgehead atoms. The van der Waals surface area contributed by atoms with E-state index >= 15 is 0 Å². The monoisotopic (exact) mass is 338 g/mol. The molecule has 2 aromatic rings. The number of rotatable bonds is 7. The molecule has 0 radical (unpaired) electrons. The molecule has 2 rings (SSSR count). The fourth-order valence-electron chi connectivity index (χ4n) is 2.22. The number of amides is 2. The summed E-state index contributed by atoms with van der Waals surface area (Å²) in [7, 11) is 1.59. The summed E-state index contributed by atoms with van der Waals surface area (Å²) in [5.74, 6) is -0.362. The first-order valence-electron chi connectivity index (χ1n) is 8.11. The number of benzene rings is 2. The van der Waals surface area contributed by atoms with E-state index in [2.05, 4.69) is 10.6 Å². The Hall–Kier alpha value is -2.92. The number of carbonyl (C=O) groups excluding carboxylic acids is 2. The molecule has 0 aromatic heterocycles. The van der Waals surface area contributed by atoms with Gasteiger partial charge in [-0.05, 0) is 36.8 Å². The van der Waals surface area contributed by atoms with Crippen LogP contribution in [0.2, 0.25) is 0 Å². The fraction of sp³-hybridized carbons (Fsp3) is 0.200. The Kier molecular flexibility index (Phi) is 6.92. The highest BCUT2D eigenvalue weighted by Crippen LogP contribution is 2.16. The summed E-state index contributed by atoms with van der Waals surface area (Å²) in [6.45, 7) is 3.01. The predicted octanol–water partition coefficient (Wildman–Crippen LogP) is 3.23. The minimum Gasteiger partial charge on any atom is -0.377 e. The van der Waals surface area contributed by atoms with E-state index in [9.17, 15) is 9.59 Å². The summed E-state index contributed by atoms with van der Waals surface area (Å²) in [5.41, 5.74) is 3.08. The van der Waals surface area contributed by atoms with Gasteiger partial charge in [0.2, 0.25) is 5.91 Å². The highest BCUT2D eigenvalue weighted by atomic mass is 16.5. The van der Waals surface area contributed by atoms with Crippen LogP contribution in [0.15, 0.2) is 54.6 Å². The average Bonchev–Trinajstić information content (AvgIpc) is 2.65. The van der Waals surface area contributed by atoms with Crippen LogP contribution in [0.3, 0.4) is 0 Å². The smallest absolute Gasteiger partial charge is 0.251 e. The lowest BCUT2D eigenvalue weighted by molar-refractivity contribution is -0.111. The Bertz CT molecular complexity index is 752. The van der Waals surface area contributed by atoms with Crippen molar-refractivity contribution in [2.24, 2.45) is 0 Å². The van der Waals surface area contributed by atoms with E-state index in [4.69, 9.17) is 4.74 Å². The normalized spacial score (nSPS) is 10.6. The molecule has 0 atom stereocenters. The molecule has 2 aromatic carbocycles. The molecule has 2 N–H and O–H groups in total. The molecule has 130 valence electrons. The Morgan fingerprint density at radius 2 is 1.80 bits per heavy atom. The first kappa shape index (κ1) is 18.4. The van der Waals surface area contributed by atoms with Gasteiger partial charge in [0.1, 0.15) is 0 Å². The van der Waals surface area contributed by atoms with E-state index in [1.807, 2.05) is 31.2 Å². The summed E-state index contributed by atoms with van der Waals surface area (Å²) >= 11 is 0. The lowest BCUT2D eigenvalue weighted by Gasteiger charge is -2.09. The summed E-state index contributed by atoms with van der Waals surface area (Å²) in [5, 5.41) is 5.43. The minimum atomic E-state index is -0.223. The van der Waals surface area contributed by atoms with E-state index in [0.29, 0.717) is 18.8 Å². The van der Waals surface area contributed by atoms with Crippen LogP contribution in [0.25, 0.3) is 6.08 Å². The van der Waals surface area contributed by atoms with Crippen LogP contribution < -0.4 is 10.6 Å². The molecular formula is C20H22N2O3. The van der Waals surface area contributed by atoms with Crippen molar-refractivity contribution in [3.05, 3.63) is 71.3 Å². The van der Waals surface area contributed by atoms with Gasteiger partial charge in [0.05, 0.1) is 6.61 Å². The van der Waals surface area contributed by atoms with Crippen molar-refractivity contribution in [2.75, 3.05) is 19.0 Å². The molecule has 0 fully saturated rings. The third kappa shape index (κ3) is 5.58. The Morgan fingerprint density at radius 1 is 1.08 bits per heavy atom. The molecule has 0 spiro atoms. The van der Waals surface area contributed by atoms with Crippen LogP contribution in [-0.4, -0.2) is 25.5 Å². The largest absolute Gasteiger partial charge is 0.377 e. The van der Waals surface area contributed by atoms with Crippen LogP contribution in [0.4, 0.5) is 5.69 Å². The molecule has 2 amide bonds. The molecule has 25 heavy (non-hydrogen) atoms. The van der Waals surface area contributed by atoms with Gasteiger partial charge in [0.25, 0.3) is 5.91 Å². The van der Waals surface area contributed by atoms with Crippen LogP contribution in [0.5, 0.6) is 0 Å². The third-order valence-corrected chi connectivity index (χ3v) is 3.56. The van der Waals surface area contributed by atoms with E-state index in [1.165, 1.54) is 6.08 Å². The SMILES string of the molecule is CCOCc1ccccc1NC(=O)/C=C/c1ccc(C(=O)NC)cc1. The number of nitrogens with one attached hydrogen (secondary N) is 2. The molecule has 0 unspecified atom stereocenters.